The topological polar surface area (TPSA) is 187 Å². The molecule has 2 amide bonds. The second-order valence-corrected chi connectivity index (χ2v) is 10.5. The molecule has 246 valence electrons. The van der Waals surface area contributed by atoms with Crippen LogP contribution >= 0.6 is 0 Å². The van der Waals surface area contributed by atoms with Crippen LogP contribution in [0.25, 0.3) is 10.9 Å². The quantitative estimate of drug-likeness (QED) is 0.150. The molecular weight excluding hydrogens is 618 g/mol. The molecule has 3 aromatic rings. The van der Waals surface area contributed by atoms with Crippen LogP contribution in [0.3, 0.4) is 0 Å². The monoisotopic (exact) mass is 649 g/mol. The molecule has 2 heterocycles. The minimum atomic E-state index is -5.08. The van der Waals surface area contributed by atoms with Crippen LogP contribution in [0.15, 0.2) is 47.6 Å². The Balaban J connectivity index is 0.000000617. The van der Waals surface area contributed by atoms with E-state index in [1.54, 1.807) is 18.3 Å². The molecule has 0 saturated heterocycles. The highest BCUT2D eigenvalue weighted by Gasteiger charge is 2.38. The first kappa shape index (κ1) is 33.7. The number of carboxylic acids is 1. The van der Waals surface area contributed by atoms with Gasteiger partial charge in [-0.2, -0.15) is 18.3 Å². The first-order valence-corrected chi connectivity index (χ1v) is 14.0. The highest BCUT2D eigenvalue weighted by atomic mass is 19.4. The summed E-state index contributed by atoms with van der Waals surface area (Å²) in [5, 5.41) is 26.2. The number of aromatic amines is 1. The van der Waals surface area contributed by atoms with Crippen molar-refractivity contribution in [2.75, 3.05) is 32.1 Å². The Labute approximate surface area is 259 Å². The van der Waals surface area contributed by atoms with Crippen molar-refractivity contribution in [2.24, 2.45) is 4.99 Å². The number of methoxy groups -OCH3 is 1. The number of hydrogen-bond donors (Lipinski definition) is 6. The number of guanidine groups is 1. The molecule has 13 nitrogen and oxygen atoms in total. The molecule has 0 bridgehead atoms. The highest BCUT2D eigenvalue weighted by Crippen LogP contribution is 2.40. The third-order valence-electron chi connectivity index (χ3n) is 6.96. The Bertz CT molecular complexity index is 1620. The summed E-state index contributed by atoms with van der Waals surface area (Å²) in [7, 11) is 1.30. The summed E-state index contributed by atoms with van der Waals surface area (Å²) in [6, 6.07) is 10.5. The van der Waals surface area contributed by atoms with E-state index in [9.17, 15) is 31.9 Å². The lowest BCUT2D eigenvalue weighted by Gasteiger charge is -2.20. The predicted octanol–water partition coefficient (Wildman–Crippen LogP) is 2.93. The van der Waals surface area contributed by atoms with Crippen molar-refractivity contribution in [2.45, 2.75) is 43.6 Å². The number of aromatic nitrogens is 2. The number of nitrogens with zero attached hydrogens (tertiary/aromatic N) is 2. The number of nitrogens with one attached hydrogen (secondary N) is 5. The van der Waals surface area contributed by atoms with Gasteiger partial charge in [-0.1, -0.05) is 24.3 Å². The van der Waals surface area contributed by atoms with Crippen LogP contribution < -0.4 is 21.3 Å². The predicted molar refractivity (Wildman–Crippen MR) is 157 cm³/mol. The molecule has 0 radical (unpaired) electrons. The number of amides is 2. The number of benzene rings is 2. The first-order valence-electron chi connectivity index (χ1n) is 14.0. The second kappa shape index (κ2) is 14.7. The van der Waals surface area contributed by atoms with Crippen LogP contribution in [-0.2, 0) is 19.1 Å². The van der Waals surface area contributed by atoms with Crippen molar-refractivity contribution in [1.82, 2.24) is 26.1 Å². The fraction of sp³-hybridized carbons (Fsp3) is 0.379. The number of hydrogen-bond acceptors (Lipinski definition) is 9. The summed E-state index contributed by atoms with van der Waals surface area (Å²) in [4.78, 5) is 50.9. The molecule has 5 rings (SSSR count). The Morgan fingerprint density at radius 2 is 1.89 bits per heavy atom. The van der Waals surface area contributed by atoms with E-state index in [1.165, 1.54) is 12.7 Å². The maximum Gasteiger partial charge on any atom is 0.490 e. The van der Waals surface area contributed by atoms with Gasteiger partial charge in [0.25, 0.3) is 5.91 Å². The van der Waals surface area contributed by atoms with Crippen molar-refractivity contribution in [3.63, 3.8) is 0 Å². The number of H-pyrrole nitrogens is 1. The number of aliphatic imine (C=N–C) groups is 1. The number of carbonyl (C=O) groups excluding carboxylic acids is 3. The van der Waals surface area contributed by atoms with Gasteiger partial charge < -0.3 is 31.1 Å². The molecule has 2 aromatic carbocycles. The standard InChI is InChI=1S/C27H30FN7O4.C2HF3O2/c1-39-25(37)10-21(17-4-2-3-16(7-17)15-5-6-15)33-24(36)14-29-26(38)18-8-22(20-13-32-35-23(20)9-18)34-27-30-11-19(28)12-31-27;3-2(4,5)1(6)7/h2-4,7-9,13,15,19,21H,5-6,10-12,14H2,1H3,(H,29,38)(H,32,35)(H,33,36)(H2,30,31,34);(H,6,7)/t21-;/m0./s1. The number of anilines is 1. The summed E-state index contributed by atoms with van der Waals surface area (Å²) in [6.07, 6.45) is -2.30. The van der Waals surface area contributed by atoms with Crippen LogP contribution in [0, 0.1) is 0 Å². The van der Waals surface area contributed by atoms with Gasteiger partial charge in [0.1, 0.15) is 6.17 Å². The molecule has 46 heavy (non-hydrogen) atoms. The Hall–Kier alpha value is -5.22. The molecule has 1 aromatic heterocycles. The summed E-state index contributed by atoms with van der Waals surface area (Å²) in [5.74, 6) is -3.22. The Kier molecular flexibility index (Phi) is 10.8. The lowest BCUT2D eigenvalue weighted by molar-refractivity contribution is -0.192. The largest absolute Gasteiger partial charge is 0.490 e. The number of halogens is 4. The van der Waals surface area contributed by atoms with E-state index in [4.69, 9.17) is 14.6 Å². The minimum Gasteiger partial charge on any atom is -0.475 e. The van der Waals surface area contributed by atoms with Crippen LogP contribution in [0.4, 0.5) is 23.2 Å². The summed E-state index contributed by atoms with van der Waals surface area (Å²) in [6.45, 7) is -0.118. The molecule has 1 saturated carbocycles. The molecule has 17 heteroatoms. The van der Waals surface area contributed by atoms with E-state index in [1.807, 2.05) is 24.3 Å². The molecule has 2 aliphatic rings. The molecule has 0 spiro atoms. The molecule has 1 fully saturated rings. The second-order valence-electron chi connectivity index (χ2n) is 10.5. The Morgan fingerprint density at radius 3 is 2.52 bits per heavy atom. The van der Waals surface area contributed by atoms with Crippen molar-refractivity contribution < 1.29 is 46.6 Å². The van der Waals surface area contributed by atoms with Gasteiger partial charge >= 0.3 is 18.1 Å². The van der Waals surface area contributed by atoms with Crippen molar-refractivity contribution in [3.8, 4) is 0 Å². The molecule has 2 atom stereocenters. The zero-order valence-electron chi connectivity index (χ0n) is 24.4. The van der Waals surface area contributed by atoms with Crippen molar-refractivity contribution in [1.29, 1.82) is 0 Å². The fourth-order valence-corrected chi connectivity index (χ4v) is 4.47. The number of aliphatic carboxylic acids is 1. The third-order valence-corrected chi connectivity index (χ3v) is 6.96. The van der Waals surface area contributed by atoms with E-state index in [0.717, 1.165) is 23.8 Å². The summed E-state index contributed by atoms with van der Waals surface area (Å²) >= 11 is 0. The lowest BCUT2D eigenvalue weighted by atomic mass is 9.99. The zero-order valence-corrected chi connectivity index (χ0v) is 24.4. The van der Waals surface area contributed by atoms with Gasteiger partial charge in [0.2, 0.25) is 5.91 Å². The van der Waals surface area contributed by atoms with Crippen LogP contribution in [-0.4, -0.2) is 84.1 Å². The number of esters is 1. The highest BCUT2D eigenvalue weighted by molar-refractivity contribution is 6.07. The van der Waals surface area contributed by atoms with Gasteiger partial charge in [-0.3, -0.25) is 19.5 Å². The number of carbonyl (C=O) groups is 4. The number of fused-ring (bicyclic) bond motifs is 1. The van der Waals surface area contributed by atoms with Crippen molar-refractivity contribution in [3.05, 3.63) is 59.3 Å². The Morgan fingerprint density at radius 1 is 1.15 bits per heavy atom. The molecular formula is C29H31F4N7O6. The minimum absolute atomic E-state index is 0.0309. The zero-order chi connectivity index (χ0) is 33.4. The van der Waals surface area contributed by atoms with Crippen LogP contribution in [0.1, 0.15) is 52.7 Å². The van der Waals surface area contributed by atoms with E-state index >= 15 is 0 Å². The number of ether oxygens (including phenoxy) is 1. The average molecular weight is 650 g/mol. The van der Waals surface area contributed by atoms with Gasteiger partial charge in [-0.05, 0) is 42.0 Å². The maximum absolute atomic E-state index is 13.4. The van der Waals surface area contributed by atoms with E-state index < -0.39 is 42.1 Å². The van der Waals surface area contributed by atoms with E-state index in [-0.39, 0.29) is 31.6 Å². The normalized spacial score (nSPS) is 16.5. The van der Waals surface area contributed by atoms with Crippen LogP contribution in [0.5, 0.6) is 0 Å². The van der Waals surface area contributed by atoms with Gasteiger partial charge in [-0.15, -0.1) is 0 Å². The lowest BCUT2D eigenvalue weighted by Crippen LogP contribution is -2.41. The summed E-state index contributed by atoms with van der Waals surface area (Å²) < 4.78 is 50.0. The smallest absolute Gasteiger partial charge is 0.475 e. The number of alkyl halides is 4. The van der Waals surface area contributed by atoms with Gasteiger partial charge in [-0.25, -0.2) is 14.2 Å². The first-order chi connectivity index (χ1) is 21.8. The fourth-order valence-electron chi connectivity index (χ4n) is 4.47. The third kappa shape index (κ3) is 9.39. The van der Waals surface area contributed by atoms with Gasteiger partial charge in [0, 0.05) is 10.9 Å². The molecule has 1 aliphatic carbocycles. The molecule has 1 aliphatic heterocycles. The van der Waals surface area contributed by atoms with E-state index in [0.29, 0.717) is 23.1 Å². The average Bonchev–Trinajstić information content (AvgIpc) is 3.77. The number of carboxylic acid groups (broad SMARTS) is 1. The number of rotatable bonds is 9. The van der Waals surface area contributed by atoms with E-state index in [2.05, 4.69) is 36.5 Å². The summed E-state index contributed by atoms with van der Waals surface area (Å²) in [5.41, 5.74) is 3.42. The maximum atomic E-state index is 13.4. The van der Waals surface area contributed by atoms with Crippen LogP contribution in [0.2, 0.25) is 0 Å². The van der Waals surface area contributed by atoms with Crippen molar-refractivity contribution >= 4 is 46.3 Å². The SMILES string of the molecule is COC(=O)C[C@H](NC(=O)CNC(=O)c1cc(NC2=NCC(F)CN2)c2cn[nH]c2c1)c1cccc(C2CC2)c1.O=C(O)C(F)(F)F. The molecule has 1 unspecified atom stereocenters. The van der Waals surface area contributed by atoms with Gasteiger partial charge in [0.05, 0.1) is 56.6 Å². The van der Waals surface area contributed by atoms with Gasteiger partial charge in [0.15, 0.2) is 5.96 Å². The molecule has 6 N–H and O–H groups in total.